The van der Waals surface area contributed by atoms with Gasteiger partial charge in [-0.05, 0) is 112 Å². The molecular formula is C50H40N6O7S3. The number of thiophene rings is 3. The molecule has 0 atom stereocenters. The van der Waals surface area contributed by atoms with Gasteiger partial charge in [-0.2, -0.15) is 0 Å². The van der Waals surface area contributed by atoms with E-state index in [-0.39, 0.29) is 10.8 Å². The number of aromatic carboxylic acids is 1. The van der Waals surface area contributed by atoms with Crippen molar-refractivity contribution < 1.29 is 33.9 Å². The normalized spacial score (nSPS) is 10.6. The maximum atomic E-state index is 13.3. The zero-order chi connectivity index (χ0) is 46.4. The van der Waals surface area contributed by atoms with Crippen LogP contribution in [-0.4, -0.2) is 40.6 Å². The molecule has 8 N–H and O–H groups in total. The third-order valence-corrected chi connectivity index (χ3v) is 12.5. The number of anilines is 6. The fourth-order valence-electron chi connectivity index (χ4n) is 6.47. The Labute approximate surface area is 391 Å². The van der Waals surface area contributed by atoms with Gasteiger partial charge in [0, 0.05) is 27.6 Å². The van der Waals surface area contributed by atoms with Gasteiger partial charge in [-0.15, -0.1) is 34.0 Å². The summed E-state index contributed by atoms with van der Waals surface area (Å²) in [5.74, 6) is -5.94. The highest BCUT2D eigenvalue weighted by atomic mass is 32.1. The molecular weight excluding hydrogens is 893 g/mol. The molecule has 0 saturated carbocycles. The topological polar surface area (TPSA) is 209 Å². The van der Waals surface area contributed by atoms with Gasteiger partial charge in [0.1, 0.15) is 16.7 Å². The van der Waals surface area contributed by atoms with Crippen molar-refractivity contribution >= 4 is 104 Å². The Kier molecular flexibility index (Phi) is 15.2. The van der Waals surface area contributed by atoms with Crippen molar-refractivity contribution in [2.24, 2.45) is 0 Å². The number of nitrogen functional groups attached to an aromatic ring is 1. The van der Waals surface area contributed by atoms with Crippen molar-refractivity contribution in [2.75, 3.05) is 32.3 Å². The Morgan fingerprint density at radius 2 is 0.864 bits per heavy atom. The molecule has 0 aliphatic heterocycles. The van der Waals surface area contributed by atoms with Crippen molar-refractivity contribution in [2.45, 2.75) is 11.8 Å². The number of benzene rings is 5. The minimum atomic E-state index is -1.19. The summed E-state index contributed by atoms with van der Waals surface area (Å²) < 4.78 is 0. The van der Waals surface area contributed by atoms with E-state index in [4.69, 9.17) is 10.8 Å². The summed E-state index contributed by atoms with van der Waals surface area (Å²) >= 11 is 3.71. The molecule has 16 heteroatoms. The number of nitrogens with two attached hydrogens (primary N) is 1. The largest absolute Gasteiger partial charge is 0.477 e. The summed E-state index contributed by atoms with van der Waals surface area (Å²) in [4.78, 5) is 78.1. The minimum absolute atomic E-state index is 0.0648. The number of nitrogens with one attached hydrogen (secondary N) is 5. The molecule has 5 amide bonds. The van der Waals surface area contributed by atoms with E-state index in [2.05, 4.69) is 26.6 Å². The molecule has 0 fully saturated rings. The second-order valence-electron chi connectivity index (χ2n) is 14.3. The Hall–Kier alpha value is -8.18. The summed E-state index contributed by atoms with van der Waals surface area (Å²) in [5, 5.41) is 28.2. The fourth-order valence-corrected chi connectivity index (χ4v) is 8.79. The van der Waals surface area contributed by atoms with E-state index in [1.165, 1.54) is 11.4 Å². The van der Waals surface area contributed by atoms with Crippen molar-refractivity contribution in [3.63, 3.8) is 0 Å². The molecule has 8 aromatic rings. The third-order valence-electron chi connectivity index (χ3n) is 9.66. The summed E-state index contributed by atoms with van der Waals surface area (Å²) in [6.07, 6.45) is 0. The predicted molar refractivity (Wildman–Crippen MR) is 263 cm³/mol. The van der Waals surface area contributed by atoms with Crippen molar-refractivity contribution in [1.82, 2.24) is 0 Å². The standard InChI is InChI=1S/C30H24N4O3S2.C20H16N2O4S/c31-23-14-13-19(25-12-7-15-38-25)16-24(23)34-28(35)26-17-20(18-39-26)27(29(36)32-21-8-3-1-4-9-21)30(37)33-22-10-5-2-6-11-22;23-18(21-14-7-3-1-4-8-14)17(13-11-16(20(25)26)27-12-13)19(24)22-15-9-5-2-6-10-15/h1-18,27H,31H2,(H,32,36)(H,33,37)(H,34,35);1-12,17H,(H,21,23)(H,22,24)(H,25,26). The molecule has 0 radical (unpaired) electrons. The van der Waals surface area contributed by atoms with E-state index in [1.807, 2.05) is 53.9 Å². The van der Waals surface area contributed by atoms with Gasteiger partial charge in [-0.1, -0.05) is 84.9 Å². The zero-order valence-corrected chi connectivity index (χ0v) is 37.1. The number of hydrogen-bond donors (Lipinski definition) is 7. The van der Waals surface area contributed by atoms with Crippen LogP contribution in [0.2, 0.25) is 0 Å². The molecule has 5 aromatic carbocycles. The lowest BCUT2D eigenvalue weighted by atomic mass is 9.99. The quantitative estimate of drug-likeness (QED) is 0.0411. The minimum Gasteiger partial charge on any atom is -0.477 e. The molecule has 0 aliphatic rings. The molecule has 0 aliphatic carbocycles. The first kappa shape index (κ1) is 45.8. The second-order valence-corrected chi connectivity index (χ2v) is 17.1. The number of rotatable bonds is 14. The number of carbonyl (C=O) groups excluding carboxylic acids is 5. The lowest BCUT2D eigenvalue weighted by Gasteiger charge is -2.16. The molecule has 13 nitrogen and oxygen atoms in total. The molecule has 3 aromatic heterocycles. The third kappa shape index (κ3) is 12.1. The predicted octanol–water partition coefficient (Wildman–Crippen LogP) is 10.5. The van der Waals surface area contributed by atoms with Crippen LogP contribution in [0.3, 0.4) is 0 Å². The van der Waals surface area contributed by atoms with Gasteiger partial charge in [0.15, 0.2) is 0 Å². The first-order valence-electron chi connectivity index (χ1n) is 20.1. The second kappa shape index (κ2) is 21.9. The van der Waals surface area contributed by atoms with Crippen LogP contribution in [0, 0.1) is 0 Å². The van der Waals surface area contributed by atoms with Crippen molar-refractivity contribution in [3.05, 3.63) is 201 Å². The average molecular weight is 933 g/mol. The maximum Gasteiger partial charge on any atom is 0.345 e. The number of carboxylic acid groups (broad SMARTS) is 1. The van der Waals surface area contributed by atoms with Crippen LogP contribution in [0.5, 0.6) is 0 Å². The molecule has 3 heterocycles. The smallest absolute Gasteiger partial charge is 0.345 e. The number of hydrogen-bond acceptors (Lipinski definition) is 10. The van der Waals surface area contributed by atoms with Crippen LogP contribution in [0.25, 0.3) is 10.4 Å². The lowest BCUT2D eigenvalue weighted by molar-refractivity contribution is -0.127. The fraction of sp³-hybridized carbons (Fsp3) is 0.0400. The van der Waals surface area contributed by atoms with Crippen LogP contribution in [0.15, 0.2) is 180 Å². The van der Waals surface area contributed by atoms with E-state index in [9.17, 15) is 28.8 Å². The van der Waals surface area contributed by atoms with Crippen LogP contribution in [-0.2, 0) is 19.2 Å². The first-order chi connectivity index (χ1) is 32.0. The Balaban J connectivity index is 0.000000210. The van der Waals surface area contributed by atoms with Crippen LogP contribution in [0.1, 0.15) is 42.3 Å². The molecule has 0 unspecified atom stereocenters. The summed E-state index contributed by atoms with van der Waals surface area (Å²) in [6, 6.07) is 47.7. The van der Waals surface area contributed by atoms with E-state index in [1.54, 1.807) is 126 Å². The number of para-hydroxylation sites is 4. The van der Waals surface area contributed by atoms with E-state index in [0.29, 0.717) is 50.1 Å². The Morgan fingerprint density at radius 1 is 0.455 bits per heavy atom. The highest BCUT2D eigenvalue weighted by molar-refractivity contribution is 7.13. The molecule has 0 spiro atoms. The van der Waals surface area contributed by atoms with Gasteiger partial charge >= 0.3 is 5.97 Å². The van der Waals surface area contributed by atoms with Gasteiger partial charge in [-0.25, -0.2) is 4.79 Å². The summed E-state index contributed by atoms with van der Waals surface area (Å²) in [7, 11) is 0. The average Bonchev–Trinajstić information content (AvgIpc) is 4.14. The highest BCUT2D eigenvalue weighted by Gasteiger charge is 2.32. The molecule has 8 rings (SSSR count). The van der Waals surface area contributed by atoms with Crippen LogP contribution in [0.4, 0.5) is 34.1 Å². The number of carboxylic acids is 1. The van der Waals surface area contributed by atoms with Gasteiger partial charge in [0.25, 0.3) is 5.91 Å². The van der Waals surface area contributed by atoms with E-state index in [0.717, 1.165) is 33.1 Å². The summed E-state index contributed by atoms with van der Waals surface area (Å²) in [5.41, 5.74) is 11.0. The van der Waals surface area contributed by atoms with Crippen LogP contribution >= 0.6 is 34.0 Å². The highest BCUT2D eigenvalue weighted by Crippen LogP contribution is 2.32. The van der Waals surface area contributed by atoms with E-state index < -0.39 is 41.4 Å². The number of carbonyl (C=O) groups is 6. The van der Waals surface area contributed by atoms with Gasteiger partial charge in [0.05, 0.1) is 16.3 Å². The monoisotopic (exact) mass is 932 g/mol. The molecule has 0 bridgehead atoms. The van der Waals surface area contributed by atoms with Gasteiger partial charge in [-0.3, -0.25) is 24.0 Å². The van der Waals surface area contributed by atoms with Crippen LogP contribution < -0.4 is 32.3 Å². The van der Waals surface area contributed by atoms with Crippen molar-refractivity contribution in [3.8, 4) is 10.4 Å². The molecule has 66 heavy (non-hydrogen) atoms. The molecule has 0 saturated heterocycles. The van der Waals surface area contributed by atoms with Crippen molar-refractivity contribution in [1.29, 1.82) is 0 Å². The molecule has 330 valence electrons. The lowest BCUT2D eigenvalue weighted by Crippen LogP contribution is -2.31. The van der Waals surface area contributed by atoms with E-state index >= 15 is 0 Å². The maximum absolute atomic E-state index is 13.3. The summed E-state index contributed by atoms with van der Waals surface area (Å²) in [6.45, 7) is 0. The SMILES string of the molecule is Nc1ccc(-c2cccs2)cc1NC(=O)c1cc(C(C(=O)Nc2ccccc2)C(=O)Nc2ccccc2)cs1.O=C(O)c1cc(C(C(=O)Nc2ccccc2)C(=O)Nc2ccccc2)cs1. The van der Waals surface area contributed by atoms with Gasteiger partial charge in [0.2, 0.25) is 23.6 Å². The zero-order valence-electron chi connectivity index (χ0n) is 34.7. The van der Waals surface area contributed by atoms with Gasteiger partial charge < -0.3 is 37.4 Å². The Morgan fingerprint density at radius 3 is 1.24 bits per heavy atom. The Bertz CT molecular complexity index is 2840. The first-order valence-corrected chi connectivity index (χ1v) is 22.7. The number of amides is 5.